The standard InChI is InChI=1S/C56H42N4/c1-56(2,3)44-28-24-38(25-29-44)37-20-22-39(23-21-37)40-12-11-13-43(34-40)50-32-33-57-55(58-50)60-52-19-10-8-17-47(52)49-36-42(27-31-54(49)60)41-26-30-53-48(35-41)46-16-7-9-18-51(46)59(53)45-14-5-4-6-15-45/h4-36H,1-3H3. The molecule has 286 valence electrons. The molecule has 3 aromatic heterocycles. The van der Waals surface area contributed by atoms with Crippen LogP contribution >= 0.6 is 0 Å². The molecule has 0 fully saturated rings. The van der Waals surface area contributed by atoms with Gasteiger partial charge in [0.15, 0.2) is 0 Å². The molecule has 60 heavy (non-hydrogen) atoms. The third-order valence-electron chi connectivity index (χ3n) is 12.0. The quantitative estimate of drug-likeness (QED) is 0.169. The summed E-state index contributed by atoms with van der Waals surface area (Å²) >= 11 is 0. The van der Waals surface area contributed by atoms with Gasteiger partial charge in [-0.05, 0) is 105 Å². The number of para-hydroxylation sites is 3. The number of nitrogens with zero attached hydrogens (tertiary/aromatic N) is 4. The number of aromatic nitrogens is 4. The SMILES string of the molecule is CC(C)(C)c1ccc(-c2ccc(-c3cccc(-c4ccnc(-n5c6ccccc6c6cc(-c7ccc8c(c7)c7ccccc7n8-c7ccccc7)ccc65)n4)c3)cc2)cc1. The summed E-state index contributed by atoms with van der Waals surface area (Å²) < 4.78 is 4.56. The number of benzene rings is 8. The van der Waals surface area contributed by atoms with Crippen LogP contribution in [0.1, 0.15) is 26.3 Å². The molecule has 0 radical (unpaired) electrons. The van der Waals surface area contributed by atoms with Crippen LogP contribution in [0.15, 0.2) is 200 Å². The molecular weight excluding hydrogens is 729 g/mol. The third-order valence-corrected chi connectivity index (χ3v) is 12.0. The van der Waals surface area contributed by atoms with Gasteiger partial charge in [0.05, 0.1) is 27.8 Å². The van der Waals surface area contributed by atoms with Gasteiger partial charge in [-0.15, -0.1) is 0 Å². The van der Waals surface area contributed by atoms with Gasteiger partial charge in [-0.1, -0.05) is 154 Å². The van der Waals surface area contributed by atoms with Crippen LogP contribution in [0.25, 0.3) is 99.9 Å². The Morgan fingerprint density at radius 3 is 1.48 bits per heavy atom. The molecule has 0 bridgehead atoms. The first kappa shape index (κ1) is 35.6. The van der Waals surface area contributed by atoms with Crippen LogP contribution in [0.3, 0.4) is 0 Å². The maximum Gasteiger partial charge on any atom is 0.235 e. The molecule has 0 aliphatic heterocycles. The van der Waals surface area contributed by atoms with Gasteiger partial charge in [0, 0.05) is 39.0 Å². The molecule has 0 aliphatic rings. The predicted molar refractivity (Wildman–Crippen MR) is 251 cm³/mol. The van der Waals surface area contributed by atoms with Crippen LogP contribution < -0.4 is 0 Å². The van der Waals surface area contributed by atoms with Gasteiger partial charge < -0.3 is 4.57 Å². The van der Waals surface area contributed by atoms with E-state index in [1.807, 2.05) is 12.3 Å². The summed E-state index contributed by atoms with van der Waals surface area (Å²) in [5, 5.41) is 4.82. The summed E-state index contributed by atoms with van der Waals surface area (Å²) in [6.07, 6.45) is 1.88. The molecule has 3 heterocycles. The van der Waals surface area contributed by atoms with E-state index in [2.05, 4.69) is 218 Å². The van der Waals surface area contributed by atoms with E-state index in [4.69, 9.17) is 9.97 Å². The smallest absolute Gasteiger partial charge is 0.235 e. The second-order valence-corrected chi connectivity index (χ2v) is 16.7. The van der Waals surface area contributed by atoms with Crippen LogP contribution in [0.5, 0.6) is 0 Å². The van der Waals surface area contributed by atoms with E-state index in [1.165, 1.54) is 66.0 Å². The molecule has 4 heteroatoms. The van der Waals surface area contributed by atoms with E-state index in [-0.39, 0.29) is 5.41 Å². The molecule has 11 rings (SSSR count). The fourth-order valence-electron chi connectivity index (χ4n) is 8.87. The van der Waals surface area contributed by atoms with Crippen molar-refractivity contribution in [1.29, 1.82) is 0 Å². The van der Waals surface area contributed by atoms with Crippen molar-refractivity contribution in [2.45, 2.75) is 26.2 Å². The number of rotatable bonds is 6. The van der Waals surface area contributed by atoms with E-state index in [0.29, 0.717) is 5.95 Å². The van der Waals surface area contributed by atoms with Gasteiger partial charge >= 0.3 is 0 Å². The lowest BCUT2D eigenvalue weighted by molar-refractivity contribution is 0.590. The zero-order valence-electron chi connectivity index (χ0n) is 33.8. The normalized spacial score (nSPS) is 11.9. The van der Waals surface area contributed by atoms with E-state index in [9.17, 15) is 0 Å². The lowest BCUT2D eigenvalue weighted by Crippen LogP contribution is -2.10. The highest BCUT2D eigenvalue weighted by molar-refractivity contribution is 6.12. The van der Waals surface area contributed by atoms with Crippen molar-refractivity contribution >= 4 is 43.6 Å². The van der Waals surface area contributed by atoms with Gasteiger partial charge in [-0.25, -0.2) is 9.97 Å². The Morgan fingerprint density at radius 1 is 0.367 bits per heavy atom. The first-order valence-electron chi connectivity index (χ1n) is 20.6. The van der Waals surface area contributed by atoms with E-state index >= 15 is 0 Å². The van der Waals surface area contributed by atoms with Crippen LogP contribution in [-0.4, -0.2) is 19.1 Å². The molecule has 11 aromatic rings. The van der Waals surface area contributed by atoms with E-state index in [1.54, 1.807) is 0 Å². The highest BCUT2D eigenvalue weighted by Crippen LogP contribution is 2.38. The van der Waals surface area contributed by atoms with Gasteiger partial charge in [0.25, 0.3) is 0 Å². The van der Waals surface area contributed by atoms with Gasteiger partial charge in [0.2, 0.25) is 5.95 Å². The highest BCUT2D eigenvalue weighted by Gasteiger charge is 2.18. The van der Waals surface area contributed by atoms with Crippen molar-refractivity contribution < 1.29 is 0 Å². The van der Waals surface area contributed by atoms with Crippen molar-refractivity contribution in [2.24, 2.45) is 0 Å². The van der Waals surface area contributed by atoms with Gasteiger partial charge in [-0.2, -0.15) is 0 Å². The first-order valence-corrected chi connectivity index (χ1v) is 20.6. The maximum absolute atomic E-state index is 5.22. The monoisotopic (exact) mass is 770 g/mol. The Bertz CT molecular complexity index is 3380. The lowest BCUT2D eigenvalue weighted by atomic mass is 9.86. The summed E-state index contributed by atoms with van der Waals surface area (Å²) in [5.41, 5.74) is 16.2. The fraction of sp³-hybridized carbons (Fsp3) is 0.0714. The van der Waals surface area contributed by atoms with E-state index < -0.39 is 0 Å². The molecule has 0 aliphatic carbocycles. The Kier molecular flexibility index (Phi) is 8.35. The molecule has 0 N–H and O–H groups in total. The topological polar surface area (TPSA) is 35.6 Å². The van der Waals surface area contributed by atoms with Crippen LogP contribution in [0.4, 0.5) is 0 Å². The molecule has 0 amide bonds. The summed E-state index contributed by atoms with van der Waals surface area (Å²) in [6, 6.07) is 70.0. The zero-order valence-corrected chi connectivity index (χ0v) is 33.8. The Morgan fingerprint density at radius 2 is 0.850 bits per heavy atom. The largest absolute Gasteiger partial charge is 0.309 e. The molecule has 4 nitrogen and oxygen atoms in total. The minimum atomic E-state index is 0.135. The molecule has 0 unspecified atom stereocenters. The summed E-state index contributed by atoms with van der Waals surface area (Å²) in [7, 11) is 0. The number of hydrogen-bond acceptors (Lipinski definition) is 2. The number of fused-ring (bicyclic) bond motifs is 6. The fourth-order valence-corrected chi connectivity index (χ4v) is 8.87. The van der Waals surface area contributed by atoms with E-state index in [0.717, 1.165) is 33.5 Å². The Labute approximate surface area is 349 Å². The van der Waals surface area contributed by atoms with Gasteiger partial charge in [0.1, 0.15) is 0 Å². The summed E-state index contributed by atoms with van der Waals surface area (Å²) in [6.45, 7) is 6.76. The Balaban J connectivity index is 0.945. The average Bonchev–Trinajstić information content (AvgIpc) is 3.81. The Hall–Kier alpha value is -7.56. The molecule has 0 saturated heterocycles. The minimum absolute atomic E-state index is 0.135. The molecular formula is C56H42N4. The third kappa shape index (κ3) is 6.08. The van der Waals surface area contributed by atoms with Crippen molar-refractivity contribution in [2.75, 3.05) is 0 Å². The summed E-state index contributed by atoms with van der Waals surface area (Å²) in [4.78, 5) is 10.1. The second kappa shape index (κ2) is 14.1. The van der Waals surface area contributed by atoms with Crippen molar-refractivity contribution in [3.8, 4) is 56.3 Å². The summed E-state index contributed by atoms with van der Waals surface area (Å²) in [5.74, 6) is 0.647. The molecule has 0 atom stereocenters. The molecule has 0 spiro atoms. The number of hydrogen-bond donors (Lipinski definition) is 0. The van der Waals surface area contributed by atoms with Gasteiger partial charge in [-0.3, -0.25) is 4.57 Å². The zero-order chi connectivity index (χ0) is 40.4. The minimum Gasteiger partial charge on any atom is -0.309 e. The maximum atomic E-state index is 5.22. The highest BCUT2D eigenvalue weighted by atomic mass is 15.2. The van der Waals surface area contributed by atoms with Crippen LogP contribution in [0, 0.1) is 0 Å². The van der Waals surface area contributed by atoms with Crippen molar-refractivity contribution in [1.82, 2.24) is 19.1 Å². The van der Waals surface area contributed by atoms with Crippen molar-refractivity contribution in [3.05, 3.63) is 206 Å². The first-order chi connectivity index (χ1) is 29.4. The molecule has 0 saturated carbocycles. The lowest BCUT2D eigenvalue weighted by Gasteiger charge is -2.19. The average molecular weight is 771 g/mol. The van der Waals surface area contributed by atoms with Crippen LogP contribution in [-0.2, 0) is 5.41 Å². The van der Waals surface area contributed by atoms with Crippen LogP contribution in [0.2, 0.25) is 0 Å². The molecule has 8 aromatic carbocycles. The predicted octanol–water partition coefficient (Wildman–Crippen LogP) is 14.6. The second-order valence-electron chi connectivity index (χ2n) is 16.7. The van der Waals surface area contributed by atoms with Crippen molar-refractivity contribution in [3.63, 3.8) is 0 Å².